The summed E-state index contributed by atoms with van der Waals surface area (Å²) in [7, 11) is 0. The molecule has 3 rings (SSSR count). The predicted octanol–water partition coefficient (Wildman–Crippen LogP) is 2.91. The molecule has 2 aliphatic heterocycles. The quantitative estimate of drug-likeness (QED) is 0.839. The lowest BCUT2D eigenvalue weighted by Crippen LogP contribution is -2.45. The zero-order valence-electron chi connectivity index (χ0n) is 11.7. The van der Waals surface area contributed by atoms with E-state index in [1.54, 1.807) is 0 Å². The smallest absolute Gasteiger partial charge is 0.227 e. The molecule has 2 aliphatic rings. The van der Waals surface area contributed by atoms with Crippen LogP contribution >= 0.6 is 11.6 Å². The Hall–Kier alpha value is -1.06. The van der Waals surface area contributed by atoms with Crippen molar-refractivity contribution in [2.24, 2.45) is 5.92 Å². The van der Waals surface area contributed by atoms with Crippen LogP contribution in [0.2, 0.25) is 5.02 Å². The highest BCUT2D eigenvalue weighted by Crippen LogP contribution is 2.32. The predicted molar refractivity (Wildman–Crippen MR) is 78.8 cm³/mol. The maximum atomic E-state index is 12.4. The van der Waals surface area contributed by atoms with Gasteiger partial charge in [-0.1, -0.05) is 23.7 Å². The Morgan fingerprint density at radius 2 is 2.35 bits per heavy atom. The van der Waals surface area contributed by atoms with Crippen LogP contribution in [-0.2, 0) is 16.0 Å². The third-order valence-electron chi connectivity index (χ3n) is 4.30. The lowest BCUT2D eigenvalue weighted by molar-refractivity contribution is -0.133. The first-order valence-corrected chi connectivity index (χ1v) is 7.67. The summed E-state index contributed by atoms with van der Waals surface area (Å²) in [5, 5.41) is 0.687. The van der Waals surface area contributed by atoms with Gasteiger partial charge in [0.05, 0.1) is 18.6 Å². The van der Waals surface area contributed by atoms with Gasteiger partial charge in [0.15, 0.2) is 0 Å². The average molecular weight is 294 g/mol. The maximum Gasteiger partial charge on any atom is 0.227 e. The van der Waals surface area contributed by atoms with Crippen molar-refractivity contribution < 1.29 is 9.53 Å². The van der Waals surface area contributed by atoms with Crippen molar-refractivity contribution in [1.82, 2.24) is 4.90 Å². The molecule has 0 radical (unpaired) electrons. The minimum absolute atomic E-state index is 0.199. The SMILES string of the molecule is C[C@H]1C[C@H]2CN(C(=O)Cc3cccc(Cl)c3)CC[C@H]2O1. The molecule has 0 saturated carbocycles. The first kappa shape index (κ1) is 13.9. The van der Waals surface area contributed by atoms with Gasteiger partial charge in [0, 0.05) is 24.0 Å². The van der Waals surface area contributed by atoms with E-state index >= 15 is 0 Å². The minimum atomic E-state index is 0.199. The van der Waals surface area contributed by atoms with Gasteiger partial charge in [0.2, 0.25) is 5.91 Å². The second kappa shape index (κ2) is 5.74. The Morgan fingerprint density at radius 3 is 3.15 bits per heavy atom. The number of carbonyl (C=O) groups excluding carboxylic acids is 1. The summed E-state index contributed by atoms with van der Waals surface area (Å²) in [5.41, 5.74) is 0.987. The second-order valence-electron chi connectivity index (χ2n) is 5.92. The lowest BCUT2D eigenvalue weighted by Gasteiger charge is -2.34. The van der Waals surface area contributed by atoms with E-state index < -0.39 is 0 Å². The Labute approximate surface area is 124 Å². The Kier molecular flexibility index (Phi) is 3.99. The minimum Gasteiger partial charge on any atom is -0.375 e. The van der Waals surface area contributed by atoms with Gasteiger partial charge >= 0.3 is 0 Å². The number of fused-ring (bicyclic) bond motifs is 1. The molecule has 20 heavy (non-hydrogen) atoms. The number of nitrogens with zero attached hydrogens (tertiary/aromatic N) is 1. The molecule has 2 heterocycles. The molecule has 1 aromatic rings. The second-order valence-corrected chi connectivity index (χ2v) is 6.35. The molecule has 2 fully saturated rings. The number of piperidine rings is 1. The number of carbonyl (C=O) groups is 1. The number of likely N-dealkylation sites (tertiary alicyclic amines) is 1. The van der Waals surface area contributed by atoms with Crippen LogP contribution in [0.25, 0.3) is 0 Å². The van der Waals surface area contributed by atoms with Gasteiger partial charge in [-0.2, -0.15) is 0 Å². The number of ether oxygens (including phenoxy) is 1. The summed E-state index contributed by atoms with van der Waals surface area (Å²) in [6.07, 6.45) is 3.18. The van der Waals surface area contributed by atoms with Crippen molar-refractivity contribution in [3.05, 3.63) is 34.9 Å². The van der Waals surface area contributed by atoms with Gasteiger partial charge in [0.25, 0.3) is 0 Å². The van der Waals surface area contributed by atoms with E-state index in [0.29, 0.717) is 29.6 Å². The average Bonchev–Trinajstić information content (AvgIpc) is 2.77. The van der Waals surface area contributed by atoms with Crippen molar-refractivity contribution in [3.8, 4) is 0 Å². The van der Waals surface area contributed by atoms with Crippen LogP contribution in [0.1, 0.15) is 25.3 Å². The molecule has 3 nitrogen and oxygen atoms in total. The Morgan fingerprint density at radius 1 is 1.50 bits per heavy atom. The van der Waals surface area contributed by atoms with Crippen molar-refractivity contribution in [1.29, 1.82) is 0 Å². The molecule has 0 aromatic heterocycles. The van der Waals surface area contributed by atoms with Gasteiger partial charge in [0.1, 0.15) is 0 Å². The number of hydrogen-bond donors (Lipinski definition) is 0. The number of rotatable bonds is 2. The zero-order chi connectivity index (χ0) is 14.1. The summed E-state index contributed by atoms with van der Waals surface area (Å²) in [6.45, 7) is 3.78. The first-order chi connectivity index (χ1) is 9.61. The Balaban J connectivity index is 1.61. The standard InChI is InChI=1S/C16H20ClNO2/c1-11-7-13-10-18(6-5-15(13)20-11)16(19)9-12-3-2-4-14(17)8-12/h2-4,8,11,13,15H,5-7,9-10H2,1H3/t11-,13-,15+/m0/s1. The molecule has 0 bridgehead atoms. The fourth-order valence-electron chi connectivity index (χ4n) is 3.36. The zero-order valence-corrected chi connectivity index (χ0v) is 12.5. The maximum absolute atomic E-state index is 12.4. The van der Waals surface area contributed by atoms with Gasteiger partial charge < -0.3 is 9.64 Å². The van der Waals surface area contributed by atoms with Crippen LogP contribution in [0, 0.1) is 5.92 Å². The summed E-state index contributed by atoms with van der Waals surface area (Å²) < 4.78 is 5.87. The molecule has 1 amide bonds. The summed E-state index contributed by atoms with van der Waals surface area (Å²) in [4.78, 5) is 14.4. The molecular weight excluding hydrogens is 274 g/mol. The van der Waals surface area contributed by atoms with Crippen molar-refractivity contribution in [2.45, 2.75) is 38.4 Å². The van der Waals surface area contributed by atoms with E-state index in [2.05, 4.69) is 6.92 Å². The lowest BCUT2D eigenvalue weighted by atomic mass is 9.92. The fraction of sp³-hybridized carbons (Fsp3) is 0.562. The third kappa shape index (κ3) is 2.99. The van der Waals surface area contributed by atoms with Gasteiger partial charge in [-0.25, -0.2) is 0 Å². The molecule has 3 atom stereocenters. The number of hydrogen-bond acceptors (Lipinski definition) is 2. The Bertz CT molecular complexity index is 505. The van der Waals surface area contributed by atoms with Gasteiger partial charge in [-0.15, -0.1) is 0 Å². The number of halogens is 1. The van der Waals surface area contributed by atoms with Crippen LogP contribution in [0.5, 0.6) is 0 Å². The number of amides is 1. The van der Waals surface area contributed by atoms with Gasteiger partial charge in [-0.3, -0.25) is 4.79 Å². The van der Waals surface area contributed by atoms with Gasteiger partial charge in [-0.05, 0) is 37.5 Å². The molecule has 0 aliphatic carbocycles. The van der Waals surface area contributed by atoms with Crippen LogP contribution in [0.4, 0.5) is 0 Å². The summed E-state index contributed by atoms with van der Waals surface area (Å²) >= 11 is 5.96. The van der Waals surface area contributed by atoms with Crippen LogP contribution in [0.15, 0.2) is 24.3 Å². The number of benzene rings is 1. The van der Waals surface area contributed by atoms with Crippen molar-refractivity contribution in [3.63, 3.8) is 0 Å². The van der Waals surface area contributed by atoms with E-state index in [1.165, 1.54) is 0 Å². The first-order valence-electron chi connectivity index (χ1n) is 7.29. The van der Waals surface area contributed by atoms with Crippen LogP contribution < -0.4 is 0 Å². The normalized spacial score (nSPS) is 29.3. The topological polar surface area (TPSA) is 29.5 Å². The fourth-order valence-corrected chi connectivity index (χ4v) is 3.57. The highest BCUT2D eigenvalue weighted by molar-refractivity contribution is 6.30. The van der Waals surface area contributed by atoms with Crippen molar-refractivity contribution >= 4 is 17.5 Å². The molecule has 0 unspecified atom stereocenters. The largest absolute Gasteiger partial charge is 0.375 e. The van der Waals surface area contributed by atoms with E-state index in [-0.39, 0.29) is 5.91 Å². The molecule has 108 valence electrons. The van der Waals surface area contributed by atoms with E-state index in [0.717, 1.165) is 31.5 Å². The molecule has 0 N–H and O–H groups in total. The molecule has 0 spiro atoms. The molecule has 1 aromatic carbocycles. The molecule has 2 saturated heterocycles. The summed E-state index contributed by atoms with van der Waals surface area (Å²) in [6, 6.07) is 7.55. The highest BCUT2D eigenvalue weighted by Gasteiger charge is 2.38. The summed E-state index contributed by atoms with van der Waals surface area (Å²) in [5.74, 6) is 0.715. The third-order valence-corrected chi connectivity index (χ3v) is 4.54. The molecular formula is C16H20ClNO2. The van der Waals surface area contributed by atoms with Crippen LogP contribution in [0.3, 0.4) is 0 Å². The van der Waals surface area contributed by atoms with E-state index in [9.17, 15) is 4.79 Å². The van der Waals surface area contributed by atoms with E-state index in [1.807, 2.05) is 29.2 Å². The van der Waals surface area contributed by atoms with Crippen LogP contribution in [-0.4, -0.2) is 36.1 Å². The van der Waals surface area contributed by atoms with Crippen molar-refractivity contribution in [2.75, 3.05) is 13.1 Å². The monoisotopic (exact) mass is 293 g/mol. The van der Waals surface area contributed by atoms with E-state index in [4.69, 9.17) is 16.3 Å². The molecule has 4 heteroatoms. The highest BCUT2D eigenvalue weighted by atomic mass is 35.5.